The molecule has 5 nitrogen and oxygen atoms in total. The summed E-state index contributed by atoms with van der Waals surface area (Å²) in [7, 11) is 2.00. The van der Waals surface area contributed by atoms with E-state index in [0.717, 1.165) is 31.1 Å². The number of aryl methyl sites for hydroxylation is 1. The van der Waals surface area contributed by atoms with E-state index < -0.39 is 5.60 Å². The lowest BCUT2D eigenvalue weighted by atomic mass is 9.82. The van der Waals surface area contributed by atoms with Gasteiger partial charge in [0.2, 0.25) is 0 Å². The van der Waals surface area contributed by atoms with Crippen LogP contribution in [0.15, 0.2) is 12.4 Å². The Hall–Kier alpha value is -0.910. The number of rotatable bonds is 5. The lowest BCUT2D eigenvalue weighted by molar-refractivity contribution is -0.0740. The van der Waals surface area contributed by atoms with Crippen molar-refractivity contribution in [2.75, 3.05) is 26.2 Å². The van der Waals surface area contributed by atoms with Crippen molar-refractivity contribution in [2.24, 2.45) is 18.4 Å². The predicted molar refractivity (Wildman–Crippen MR) is 108 cm³/mol. The van der Waals surface area contributed by atoms with Gasteiger partial charge in [0.15, 0.2) is 0 Å². The van der Waals surface area contributed by atoms with Crippen LogP contribution in [0.25, 0.3) is 0 Å². The molecule has 0 unspecified atom stereocenters. The number of aliphatic hydroxyl groups is 1. The molecule has 3 aliphatic rings. The molecule has 0 amide bonds. The third-order valence-electron chi connectivity index (χ3n) is 7.29. The molecule has 1 aromatic heterocycles. The topological polar surface area (TPSA) is 44.5 Å². The van der Waals surface area contributed by atoms with Crippen LogP contribution >= 0.6 is 0 Å². The largest absolute Gasteiger partial charge is 0.382 e. The van der Waals surface area contributed by atoms with Gasteiger partial charge in [0.05, 0.1) is 0 Å². The molecule has 0 saturated carbocycles. The molecule has 1 N–H and O–H groups in total. The number of nitrogens with zero attached hydrogens (tertiary/aromatic N) is 4. The van der Waals surface area contributed by atoms with E-state index in [4.69, 9.17) is 0 Å². The van der Waals surface area contributed by atoms with Crippen LogP contribution in [0.1, 0.15) is 65.1 Å². The van der Waals surface area contributed by atoms with Crippen molar-refractivity contribution in [1.82, 2.24) is 19.4 Å². The minimum Gasteiger partial charge on any atom is -0.382 e. The van der Waals surface area contributed by atoms with E-state index in [1.54, 1.807) is 0 Å². The Kier molecular flexibility index (Phi) is 5.15. The van der Waals surface area contributed by atoms with E-state index in [2.05, 4.69) is 35.6 Å². The van der Waals surface area contributed by atoms with Gasteiger partial charge in [0.1, 0.15) is 11.4 Å². The molecular formula is C22H38N4O. The number of imidazole rings is 1. The lowest BCUT2D eigenvalue weighted by Crippen LogP contribution is -2.54. The highest BCUT2D eigenvalue weighted by Crippen LogP contribution is 2.46. The first-order valence-electron chi connectivity index (χ1n) is 10.9. The fourth-order valence-corrected chi connectivity index (χ4v) is 5.94. The van der Waals surface area contributed by atoms with Gasteiger partial charge in [0, 0.05) is 44.6 Å². The number of fused-ring (bicyclic) bond motifs is 2. The smallest absolute Gasteiger partial charge is 0.140 e. The molecule has 5 heteroatoms. The monoisotopic (exact) mass is 374 g/mol. The molecule has 2 atom stereocenters. The summed E-state index contributed by atoms with van der Waals surface area (Å²) in [5, 5.41) is 11.4. The van der Waals surface area contributed by atoms with Crippen LogP contribution in [-0.4, -0.2) is 62.7 Å². The second kappa shape index (κ2) is 7.16. The van der Waals surface area contributed by atoms with Crippen LogP contribution in [-0.2, 0) is 12.6 Å². The molecule has 4 rings (SSSR count). The van der Waals surface area contributed by atoms with Crippen LogP contribution in [0.4, 0.5) is 0 Å². The van der Waals surface area contributed by atoms with Gasteiger partial charge in [-0.05, 0) is 62.9 Å². The summed E-state index contributed by atoms with van der Waals surface area (Å²) in [6, 6.07) is 0.984. The molecule has 1 aromatic rings. The van der Waals surface area contributed by atoms with Crippen LogP contribution in [0, 0.1) is 11.3 Å². The fourth-order valence-electron chi connectivity index (χ4n) is 5.94. The van der Waals surface area contributed by atoms with Gasteiger partial charge in [-0.1, -0.05) is 20.8 Å². The highest BCUT2D eigenvalue weighted by atomic mass is 16.3. The molecule has 0 spiro atoms. The summed E-state index contributed by atoms with van der Waals surface area (Å²) in [5.74, 6) is 1.74. The highest BCUT2D eigenvalue weighted by Gasteiger charge is 2.50. The average Bonchev–Trinajstić information content (AvgIpc) is 3.12. The Morgan fingerprint density at radius 1 is 1.11 bits per heavy atom. The van der Waals surface area contributed by atoms with Crippen LogP contribution < -0.4 is 0 Å². The predicted octanol–water partition coefficient (Wildman–Crippen LogP) is 2.99. The number of aromatic nitrogens is 2. The molecule has 0 radical (unpaired) electrons. The Morgan fingerprint density at radius 3 is 2.30 bits per heavy atom. The molecule has 0 aliphatic carbocycles. The standard InChI is InChI=1S/C22H38N4O/c1-17-7-10-25(11-8-17)15-21(2,3)16-26-18-5-6-19(26)14-22(27,13-18)20-23-9-12-24(20)4/h9,12,17-19,27H,5-8,10-11,13-16H2,1-4H3/t18-,19-/m0/s1. The SMILES string of the molecule is CC1CCN(CC(C)(C)CN2[C@H]3CC[C@H]2CC(O)(c2nccn2C)C3)CC1. The summed E-state index contributed by atoms with van der Waals surface area (Å²) in [6.07, 6.45) is 10.5. The van der Waals surface area contributed by atoms with Crippen LogP contribution in [0.3, 0.4) is 0 Å². The minimum atomic E-state index is -0.756. The second-order valence-corrected chi connectivity index (χ2v) is 10.5. The van der Waals surface area contributed by atoms with Gasteiger partial charge >= 0.3 is 0 Å². The lowest BCUT2D eigenvalue weighted by Gasteiger charge is -2.47. The normalized spacial score (nSPS) is 33.7. The number of likely N-dealkylation sites (tertiary alicyclic amines) is 1. The fraction of sp³-hybridized carbons (Fsp3) is 0.864. The Labute approximate surface area is 164 Å². The first-order chi connectivity index (χ1) is 12.8. The van der Waals surface area contributed by atoms with E-state index in [9.17, 15) is 5.11 Å². The van der Waals surface area contributed by atoms with Crippen molar-refractivity contribution in [1.29, 1.82) is 0 Å². The van der Waals surface area contributed by atoms with Crippen molar-refractivity contribution in [2.45, 2.75) is 77.0 Å². The zero-order chi connectivity index (χ0) is 19.2. The highest BCUT2D eigenvalue weighted by molar-refractivity contribution is 5.12. The first kappa shape index (κ1) is 19.4. The molecule has 3 fully saturated rings. The summed E-state index contributed by atoms with van der Waals surface area (Å²) in [6.45, 7) is 12.1. The number of hydrogen-bond donors (Lipinski definition) is 1. The summed E-state index contributed by atoms with van der Waals surface area (Å²) in [5.41, 5.74) is -0.464. The summed E-state index contributed by atoms with van der Waals surface area (Å²) >= 11 is 0. The molecule has 2 bridgehead atoms. The van der Waals surface area contributed by atoms with Gasteiger partial charge in [-0.3, -0.25) is 4.90 Å². The van der Waals surface area contributed by atoms with E-state index in [1.165, 1.54) is 45.3 Å². The third kappa shape index (κ3) is 3.96. The summed E-state index contributed by atoms with van der Waals surface area (Å²) < 4.78 is 2.00. The Balaban J connectivity index is 1.40. The summed E-state index contributed by atoms with van der Waals surface area (Å²) in [4.78, 5) is 9.88. The van der Waals surface area contributed by atoms with E-state index in [0.29, 0.717) is 17.5 Å². The van der Waals surface area contributed by atoms with Gasteiger partial charge in [-0.25, -0.2) is 4.98 Å². The second-order valence-electron chi connectivity index (χ2n) is 10.5. The minimum absolute atomic E-state index is 0.292. The van der Waals surface area contributed by atoms with Crippen molar-refractivity contribution < 1.29 is 5.11 Å². The van der Waals surface area contributed by atoms with Gasteiger partial charge < -0.3 is 14.6 Å². The zero-order valence-corrected chi connectivity index (χ0v) is 17.7. The molecule has 0 aromatic carbocycles. The van der Waals surface area contributed by atoms with E-state index in [1.807, 2.05) is 24.0 Å². The molecule has 27 heavy (non-hydrogen) atoms. The first-order valence-corrected chi connectivity index (χ1v) is 10.9. The molecule has 3 aliphatic heterocycles. The molecule has 3 saturated heterocycles. The maximum absolute atomic E-state index is 11.4. The Bertz CT molecular complexity index is 632. The van der Waals surface area contributed by atoms with Gasteiger partial charge in [-0.2, -0.15) is 0 Å². The van der Waals surface area contributed by atoms with Crippen molar-refractivity contribution >= 4 is 0 Å². The maximum atomic E-state index is 11.4. The van der Waals surface area contributed by atoms with E-state index in [-0.39, 0.29) is 0 Å². The maximum Gasteiger partial charge on any atom is 0.140 e. The van der Waals surface area contributed by atoms with Crippen molar-refractivity contribution in [3.05, 3.63) is 18.2 Å². The van der Waals surface area contributed by atoms with Gasteiger partial charge in [-0.15, -0.1) is 0 Å². The molecule has 152 valence electrons. The molecule has 4 heterocycles. The Morgan fingerprint density at radius 2 is 1.74 bits per heavy atom. The van der Waals surface area contributed by atoms with Crippen LogP contribution in [0.5, 0.6) is 0 Å². The third-order valence-corrected chi connectivity index (χ3v) is 7.29. The average molecular weight is 375 g/mol. The van der Waals surface area contributed by atoms with Gasteiger partial charge in [0.25, 0.3) is 0 Å². The molecular weight excluding hydrogens is 336 g/mol. The van der Waals surface area contributed by atoms with Crippen molar-refractivity contribution in [3.63, 3.8) is 0 Å². The number of piperidine rings is 2. The zero-order valence-electron chi connectivity index (χ0n) is 17.7. The number of hydrogen-bond acceptors (Lipinski definition) is 4. The van der Waals surface area contributed by atoms with Crippen LogP contribution in [0.2, 0.25) is 0 Å². The quantitative estimate of drug-likeness (QED) is 0.861. The van der Waals surface area contributed by atoms with E-state index >= 15 is 0 Å². The van der Waals surface area contributed by atoms with Crippen molar-refractivity contribution in [3.8, 4) is 0 Å².